The molecule has 2 aromatic rings. The molecule has 1 aromatic carbocycles. The van der Waals surface area contributed by atoms with Crippen LogP contribution in [0.5, 0.6) is 0 Å². The molecule has 7 heteroatoms. The Balaban J connectivity index is 1.55. The molecule has 132 valence electrons. The van der Waals surface area contributed by atoms with Crippen LogP contribution >= 0.6 is 0 Å². The average molecular weight is 342 g/mol. The van der Waals surface area contributed by atoms with Crippen molar-refractivity contribution in [1.29, 1.82) is 0 Å². The fraction of sp³-hybridized carbons (Fsp3) is 0.444. The lowest BCUT2D eigenvalue weighted by Crippen LogP contribution is -2.56. The molecule has 0 bridgehead atoms. The summed E-state index contributed by atoms with van der Waals surface area (Å²) in [7, 11) is 0. The minimum absolute atomic E-state index is 0.0999. The maximum absolute atomic E-state index is 12.2. The Labute approximate surface area is 146 Å². The molecule has 1 fully saturated rings. The Kier molecular flexibility index (Phi) is 5.11. The normalized spacial score (nSPS) is 17.9. The highest BCUT2D eigenvalue weighted by Crippen LogP contribution is 2.15. The summed E-state index contributed by atoms with van der Waals surface area (Å²) >= 11 is 0. The highest BCUT2D eigenvalue weighted by molar-refractivity contribution is 5.97. The summed E-state index contributed by atoms with van der Waals surface area (Å²) in [5.74, 6) is 1.09. The lowest BCUT2D eigenvalue weighted by molar-refractivity contribution is -0.130. The van der Waals surface area contributed by atoms with Crippen molar-refractivity contribution in [2.75, 3.05) is 6.54 Å². The zero-order valence-corrected chi connectivity index (χ0v) is 14.4. The summed E-state index contributed by atoms with van der Waals surface area (Å²) in [5, 5.41) is 6.83. The van der Waals surface area contributed by atoms with Gasteiger partial charge in [-0.2, -0.15) is 4.98 Å². The molecule has 1 saturated heterocycles. The van der Waals surface area contributed by atoms with Crippen molar-refractivity contribution < 1.29 is 14.1 Å². The van der Waals surface area contributed by atoms with E-state index in [0.29, 0.717) is 31.0 Å². The first kappa shape index (κ1) is 17.1. The standard InChI is InChI=1S/C18H22N4O3/c1-12(2)14-11-17(23)22(18(24)19-14)9-8-16-20-15(21-25-16)10-13-6-4-3-5-7-13/h3-7,12,14H,8-11H2,1-2H3,(H,19,24)/t14-/m1/s1. The van der Waals surface area contributed by atoms with Gasteiger partial charge in [0.25, 0.3) is 0 Å². The van der Waals surface area contributed by atoms with Gasteiger partial charge >= 0.3 is 6.03 Å². The van der Waals surface area contributed by atoms with Gasteiger partial charge in [0.15, 0.2) is 5.82 Å². The van der Waals surface area contributed by atoms with Gasteiger partial charge in [0.05, 0.1) is 0 Å². The molecule has 0 spiro atoms. The van der Waals surface area contributed by atoms with Gasteiger partial charge in [-0.25, -0.2) is 4.79 Å². The van der Waals surface area contributed by atoms with E-state index in [-0.39, 0.29) is 30.4 Å². The molecule has 1 aliphatic heterocycles. The van der Waals surface area contributed by atoms with E-state index in [2.05, 4.69) is 15.5 Å². The SMILES string of the molecule is CC(C)[C@H]1CC(=O)N(CCc2nc(Cc3ccccc3)no2)C(=O)N1. The first-order valence-electron chi connectivity index (χ1n) is 8.49. The number of rotatable bonds is 6. The van der Waals surface area contributed by atoms with Crippen LogP contribution in [0.4, 0.5) is 4.79 Å². The molecular formula is C18H22N4O3. The molecule has 3 rings (SSSR count). The monoisotopic (exact) mass is 342 g/mol. The molecule has 7 nitrogen and oxygen atoms in total. The van der Waals surface area contributed by atoms with E-state index >= 15 is 0 Å². The van der Waals surface area contributed by atoms with E-state index in [4.69, 9.17) is 4.52 Å². The Bertz CT molecular complexity index is 724. The van der Waals surface area contributed by atoms with Crippen LogP contribution in [0.25, 0.3) is 0 Å². The fourth-order valence-electron chi connectivity index (χ4n) is 2.78. The highest BCUT2D eigenvalue weighted by atomic mass is 16.5. The molecule has 2 heterocycles. The molecule has 0 aliphatic carbocycles. The van der Waals surface area contributed by atoms with Crippen LogP contribution in [0.2, 0.25) is 0 Å². The smallest absolute Gasteiger partial charge is 0.324 e. The molecule has 0 unspecified atom stereocenters. The van der Waals surface area contributed by atoms with Crippen molar-refractivity contribution in [3.05, 3.63) is 47.6 Å². The van der Waals surface area contributed by atoms with Crippen LogP contribution in [0.3, 0.4) is 0 Å². The quantitative estimate of drug-likeness (QED) is 0.869. The third-order valence-electron chi connectivity index (χ3n) is 4.32. The number of aromatic nitrogens is 2. The van der Waals surface area contributed by atoms with Crippen molar-refractivity contribution in [2.24, 2.45) is 5.92 Å². The molecule has 1 aliphatic rings. The molecule has 1 aromatic heterocycles. The number of carbonyl (C=O) groups is 2. The molecule has 0 saturated carbocycles. The number of benzene rings is 1. The lowest BCUT2D eigenvalue weighted by Gasteiger charge is -2.32. The largest absolute Gasteiger partial charge is 0.339 e. The Morgan fingerprint density at radius 3 is 2.72 bits per heavy atom. The minimum Gasteiger partial charge on any atom is -0.339 e. The molecule has 1 atom stereocenters. The van der Waals surface area contributed by atoms with Gasteiger partial charge in [-0.3, -0.25) is 9.69 Å². The lowest BCUT2D eigenvalue weighted by atomic mass is 9.99. The van der Waals surface area contributed by atoms with Gasteiger partial charge < -0.3 is 9.84 Å². The van der Waals surface area contributed by atoms with E-state index < -0.39 is 0 Å². The number of carbonyl (C=O) groups excluding carboxylic acids is 2. The molecule has 25 heavy (non-hydrogen) atoms. The summed E-state index contributed by atoms with van der Waals surface area (Å²) in [4.78, 5) is 29.9. The minimum atomic E-state index is -0.348. The zero-order valence-electron chi connectivity index (χ0n) is 14.4. The van der Waals surface area contributed by atoms with Crippen molar-refractivity contribution in [3.8, 4) is 0 Å². The van der Waals surface area contributed by atoms with E-state index in [0.717, 1.165) is 5.56 Å². The average Bonchev–Trinajstić information content (AvgIpc) is 3.02. The number of urea groups is 1. The first-order valence-corrected chi connectivity index (χ1v) is 8.49. The van der Waals surface area contributed by atoms with E-state index in [1.807, 2.05) is 44.2 Å². The van der Waals surface area contributed by atoms with Crippen molar-refractivity contribution in [2.45, 2.75) is 39.2 Å². The van der Waals surface area contributed by atoms with Gasteiger partial charge in [-0.05, 0) is 11.5 Å². The highest BCUT2D eigenvalue weighted by Gasteiger charge is 2.33. The summed E-state index contributed by atoms with van der Waals surface area (Å²) < 4.78 is 5.23. The van der Waals surface area contributed by atoms with Crippen LogP contribution in [0, 0.1) is 5.92 Å². The van der Waals surface area contributed by atoms with E-state index in [9.17, 15) is 9.59 Å². The molecule has 3 amide bonds. The summed E-state index contributed by atoms with van der Waals surface area (Å²) in [6.45, 7) is 4.21. The fourth-order valence-corrected chi connectivity index (χ4v) is 2.78. The first-order chi connectivity index (χ1) is 12.0. The van der Waals surface area contributed by atoms with E-state index in [1.54, 1.807) is 0 Å². The summed E-state index contributed by atoms with van der Waals surface area (Å²) in [6.07, 6.45) is 1.27. The number of nitrogens with zero attached hydrogens (tertiary/aromatic N) is 3. The third kappa shape index (κ3) is 4.23. The second-order valence-electron chi connectivity index (χ2n) is 6.57. The number of amides is 3. The second kappa shape index (κ2) is 7.46. The zero-order chi connectivity index (χ0) is 17.8. The number of nitrogens with one attached hydrogen (secondary N) is 1. The van der Waals surface area contributed by atoms with Gasteiger partial charge in [0.1, 0.15) is 0 Å². The maximum Gasteiger partial charge on any atom is 0.324 e. The predicted molar refractivity (Wildman–Crippen MR) is 90.7 cm³/mol. The third-order valence-corrected chi connectivity index (χ3v) is 4.32. The molecule has 1 N–H and O–H groups in total. The van der Waals surface area contributed by atoms with Crippen molar-refractivity contribution in [1.82, 2.24) is 20.4 Å². The molecule has 0 radical (unpaired) electrons. The van der Waals surface area contributed by atoms with E-state index in [1.165, 1.54) is 4.90 Å². The van der Waals surface area contributed by atoms with Gasteiger partial charge in [0.2, 0.25) is 11.8 Å². The van der Waals surface area contributed by atoms with Gasteiger partial charge in [-0.15, -0.1) is 0 Å². The topological polar surface area (TPSA) is 88.3 Å². The maximum atomic E-state index is 12.2. The van der Waals surface area contributed by atoms with Crippen LogP contribution in [0.1, 0.15) is 37.5 Å². The van der Waals surface area contributed by atoms with Crippen LogP contribution in [-0.4, -0.2) is 39.6 Å². The Hall–Kier alpha value is -2.70. The van der Waals surface area contributed by atoms with Crippen LogP contribution < -0.4 is 5.32 Å². The predicted octanol–water partition coefficient (Wildman–Crippen LogP) is 2.17. The number of hydrogen-bond acceptors (Lipinski definition) is 5. The van der Waals surface area contributed by atoms with Crippen molar-refractivity contribution >= 4 is 11.9 Å². The van der Waals surface area contributed by atoms with Crippen LogP contribution in [-0.2, 0) is 17.6 Å². The summed E-state index contributed by atoms with van der Waals surface area (Å²) in [6, 6.07) is 9.42. The van der Waals surface area contributed by atoms with Crippen LogP contribution in [0.15, 0.2) is 34.9 Å². The Morgan fingerprint density at radius 1 is 1.28 bits per heavy atom. The number of imide groups is 1. The Morgan fingerprint density at radius 2 is 2.04 bits per heavy atom. The summed E-state index contributed by atoms with van der Waals surface area (Å²) in [5.41, 5.74) is 1.10. The van der Waals surface area contributed by atoms with Crippen molar-refractivity contribution in [3.63, 3.8) is 0 Å². The van der Waals surface area contributed by atoms with Gasteiger partial charge in [0, 0.05) is 31.8 Å². The number of hydrogen-bond donors (Lipinski definition) is 1. The second-order valence-corrected chi connectivity index (χ2v) is 6.57. The van der Waals surface area contributed by atoms with Gasteiger partial charge in [-0.1, -0.05) is 49.3 Å². The molecular weight excluding hydrogens is 320 g/mol.